The second-order valence-electron chi connectivity index (χ2n) is 6.56. The molecule has 0 atom stereocenters. The molecule has 0 N–H and O–H groups in total. The van der Waals surface area contributed by atoms with Gasteiger partial charge in [-0.3, -0.25) is 9.69 Å². The molecule has 0 bridgehead atoms. The first-order chi connectivity index (χ1) is 14.6. The monoisotopic (exact) mass is 464 g/mol. The number of rotatable bonds is 5. The van der Waals surface area contributed by atoms with E-state index in [4.69, 9.17) is 4.74 Å². The standard InChI is InChI=1S/C24H18BrFN2O2/c1-2-30-19-13-11-18(12-14-19)28-23(20-5-3-4-6-21(20)25)27-22(24(28)29)15-16-7-9-17(26)10-8-16/h3-15H,2H2,1H3/b22-15+. The molecule has 1 amide bonds. The quantitative estimate of drug-likeness (QED) is 0.446. The average molecular weight is 465 g/mol. The zero-order valence-electron chi connectivity index (χ0n) is 16.2. The molecule has 0 saturated carbocycles. The molecule has 6 heteroatoms. The smallest absolute Gasteiger partial charge is 0.282 e. The predicted molar refractivity (Wildman–Crippen MR) is 120 cm³/mol. The summed E-state index contributed by atoms with van der Waals surface area (Å²) in [6.45, 7) is 2.48. The van der Waals surface area contributed by atoms with Crippen molar-refractivity contribution in [3.05, 3.63) is 99.9 Å². The molecule has 4 rings (SSSR count). The van der Waals surface area contributed by atoms with Crippen LogP contribution in [0, 0.1) is 5.82 Å². The van der Waals surface area contributed by atoms with Crippen molar-refractivity contribution in [2.45, 2.75) is 6.92 Å². The zero-order valence-corrected chi connectivity index (χ0v) is 17.8. The summed E-state index contributed by atoms with van der Waals surface area (Å²) < 4.78 is 19.6. The van der Waals surface area contributed by atoms with Crippen LogP contribution in [0.1, 0.15) is 18.1 Å². The lowest BCUT2D eigenvalue weighted by Gasteiger charge is -2.19. The Morgan fingerprint density at radius 2 is 1.73 bits per heavy atom. The van der Waals surface area contributed by atoms with Gasteiger partial charge in [0.2, 0.25) is 0 Å². The number of hydrogen-bond acceptors (Lipinski definition) is 3. The molecule has 1 aliphatic rings. The van der Waals surface area contributed by atoms with E-state index < -0.39 is 0 Å². The van der Waals surface area contributed by atoms with E-state index in [1.165, 1.54) is 12.1 Å². The maximum Gasteiger partial charge on any atom is 0.282 e. The summed E-state index contributed by atoms with van der Waals surface area (Å²) in [5, 5.41) is 0. The normalized spacial score (nSPS) is 14.9. The predicted octanol–water partition coefficient (Wildman–Crippen LogP) is 5.82. The van der Waals surface area contributed by atoms with Crippen LogP contribution in [0.15, 0.2) is 88.0 Å². The molecule has 0 saturated heterocycles. The highest BCUT2D eigenvalue weighted by molar-refractivity contribution is 9.10. The summed E-state index contributed by atoms with van der Waals surface area (Å²) in [7, 11) is 0. The second-order valence-corrected chi connectivity index (χ2v) is 7.42. The van der Waals surface area contributed by atoms with Gasteiger partial charge >= 0.3 is 0 Å². The molecule has 0 spiro atoms. The molecular formula is C24H18BrFN2O2. The molecule has 0 aromatic heterocycles. The first kappa shape index (κ1) is 20.0. The van der Waals surface area contributed by atoms with Gasteiger partial charge in [0.05, 0.1) is 12.3 Å². The van der Waals surface area contributed by atoms with Gasteiger partial charge in [0.15, 0.2) is 0 Å². The lowest BCUT2D eigenvalue weighted by molar-refractivity contribution is -0.113. The number of carbonyl (C=O) groups is 1. The van der Waals surface area contributed by atoms with Gasteiger partial charge in [0.25, 0.3) is 5.91 Å². The Morgan fingerprint density at radius 3 is 2.40 bits per heavy atom. The van der Waals surface area contributed by atoms with Crippen LogP contribution in [0.2, 0.25) is 0 Å². The van der Waals surface area contributed by atoms with Crippen LogP contribution < -0.4 is 9.64 Å². The minimum Gasteiger partial charge on any atom is -0.494 e. The number of ether oxygens (including phenoxy) is 1. The molecule has 150 valence electrons. The highest BCUT2D eigenvalue weighted by Gasteiger charge is 2.33. The lowest BCUT2D eigenvalue weighted by Crippen LogP contribution is -2.32. The second kappa shape index (κ2) is 8.63. The molecular weight excluding hydrogens is 447 g/mol. The van der Waals surface area contributed by atoms with Gasteiger partial charge in [-0.1, -0.05) is 46.3 Å². The Bertz CT molecular complexity index is 1140. The summed E-state index contributed by atoms with van der Waals surface area (Å²) in [4.78, 5) is 19.5. The van der Waals surface area contributed by atoms with E-state index in [2.05, 4.69) is 20.9 Å². The van der Waals surface area contributed by atoms with Gasteiger partial charge in [0.1, 0.15) is 23.1 Å². The Morgan fingerprint density at radius 1 is 1.03 bits per heavy atom. The molecule has 0 unspecified atom stereocenters. The Labute approximate surface area is 182 Å². The molecule has 3 aromatic carbocycles. The van der Waals surface area contributed by atoms with Gasteiger partial charge in [-0.05, 0) is 61.0 Å². The topological polar surface area (TPSA) is 41.9 Å². The van der Waals surface area contributed by atoms with E-state index in [1.807, 2.05) is 55.5 Å². The van der Waals surface area contributed by atoms with Gasteiger partial charge in [0, 0.05) is 10.0 Å². The molecule has 1 heterocycles. The van der Waals surface area contributed by atoms with Crippen LogP contribution in [0.3, 0.4) is 0 Å². The highest BCUT2D eigenvalue weighted by atomic mass is 79.9. The molecule has 0 radical (unpaired) electrons. The molecule has 0 aliphatic carbocycles. The third-order valence-corrected chi connectivity index (χ3v) is 5.25. The fourth-order valence-electron chi connectivity index (χ4n) is 3.15. The fourth-order valence-corrected chi connectivity index (χ4v) is 3.62. The van der Waals surface area contributed by atoms with Crippen molar-refractivity contribution in [3.8, 4) is 5.75 Å². The van der Waals surface area contributed by atoms with E-state index in [0.717, 1.165) is 15.8 Å². The van der Waals surface area contributed by atoms with Crippen molar-refractivity contribution in [2.75, 3.05) is 11.5 Å². The van der Waals surface area contributed by atoms with Crippen LogP contribution in [-0.2, 0) is 4.79 Å². The summed E-state index contributed by atoms with van der Waals surface area (Å²) in [5.41, 5.74) is 2.45. The van der Waals surface area contributed by atoms with Crippen molar-refractivity contribution >= 4 is 39.4 Å². The van der Waals surface area contributed by atoms with Crippen molar-refractivity contribution in [3.63, 3.8) is 0 Å². The van der Waals surface area contributed by atoms with Gasteiger partial charge in [-0.25, -0.2) is 9.38 Å². The summed E-state index contributed by atoms with van der Waals surface area (Å²) in [6.07, 6.45) is 1.66. The first-order valence-electron chi connectivity index (χ1n) is 9.45. The van der Waals surface area contributed by atoms with Crippen molar-refractivity contribution in [1.82, 2.24) is 0 Å². The van der Waals surface area contributed by atoms with Crippen LogP contribution in [-0.4, -0.2) is 18.3 Å². The van der Waals surface area contributed by atoms with E-state index in [-0.39, 0.29) is 17.4 Å². The van der Waals surface area contributed by atoms with Crippen molar-refractivity contribution < 1.29 is 13.9 Å². The number of amidine groups is 1. The first-order valence-corrected chi connectivity index (χ1v) is 10.2. The van der Waals surface area contributed by atoms with Crippen LogP contribution in [0.5, 0.6) is 5.75 Å². The van der Waals surface area contributed by atoms with Crippen LogP contribution >= 0.6 is 15.9 Å². The van der Waals surface area contributed by atoms with E-state index in [9.17, 15) is 9.18 Å². The third kappa shape index (κ3) is 4.04. The highest BCUT2D eigenvalue weighted by Crippen LogP contribution is 2.31. The maximum atomic E-state index is 13.3. The minimum absolute atomic E-state index is 0.255. The number of aliphatic imine (C=N–C) groups is 1. The third-order valence-electron chi connectivity index (χ3n) is 4.55. The Balaban J connectivity index is 1.79. The summed E-state index contributed by atoms with van der Waals surface area (Å²) in [5.74, 6) is 0.664. The van der Waals surface area contributed by atoms with E-state index in [0.29, 0.717) is 23.7 Å². The van der Waals surface area contributed by atoms with Gasteiger partial charge < -0.3 is 4.74 Å². The Hall–Kier alpha value is -3.25. The number of benzene rings is 3. The number of nitrogens with zero attached hydrogens (tertiary/aromatic N) is 2. The number of hydrogen-bond donors (Lipinski definition) is 0. The van der Waals surface area contributed by atoms with Crippen LogP contribution in [0.4, 0.5) is 10.1 Å². The number of amides is 1. The Kier molecular flexibility index (Phi) is 5.77. The number of carbonyl (C=O) groups excluding carboxylic acids is 1. The molecule has 30 heavy (non-hydrogen) atoms. The van der Waals surface area contributed by atoms with Crippen molar-refractivity contribution in [1.29, 1.82) is 0 Å². The van der Waals surface area contributed by atoms with Gasteiger partial charge in [-0.2, -0.15) is 0 Å². The zero-order chi connectivity index (χ0) is 21.1. The number of halogens is 2. The van der Waals surface area contributed by atoms with Gasteiger partial charge in [-0.15, -0.1) is 0 Å². The molecule has 0 fully saturated rings. The van der Waals surface area contributed by atoms with E-state index >= 15 is 0 Å². The van der Waals surface area contributed by atoms with Crippen LogP contribution in [0.25, 0.3) is 6.08 Å². The SMILES string of the molecule is CCOc1ccc(N2C(=O)/C(=C\c3ccc(F)cc3)N=C2c2ccccc2Br)cc1. The molecule has 1 aliphatic heterocycles. The average Bonchev–Trinajstić information content (AvgIpc) is 3.07. The van der Waals surface area contributed by atoms with E-state index in [1.54, 1.807) is 23.1 Å². The number of anilines is 1. The molecule has 3 aromatic rings. The maximum absolute atomic E-state index is 13.3. The summed E-state index contributed by atoms with van der Waals surface area (Å²) in [6, 6.07) is 20.9. The molecule has 4 nitrogen and oxygen atoms in total. The summed E-state index contributed by atoms with van der Waals surface area (Å²) >= 11 is 3.55. The van der Waals surface area contributed by atoms with Crippen molar-refractivity contribution in [2.24, 2.45) is 4.99 Å². The largest absolute Gasteiger partial charge is 0.494 e. The lowest BCUT2D eigenvalue weighted by atomic mass is 10.1. The minimum atomic E-state index is -0.330. The fraction of sp³-hybridized carbons (Fsp3) is 0.0833.